The molecule has 0 aromatic carbocycles. The van der Waals surface area contributed by atoms with Gasteiger partial charge in [0.2, 0.25) is 5.91 Å². The Morgan fingerprint density at radius 2 is 2.27 bits per heavy atom. The Hall–Kier alpha value is -1.64. The van der Waals surface area contributed by atoms with Crippen LogP contribution in [0.15, 0.2) is 22.4 Å². The van der Waals surface area contributed by atoms with Gasteiger partial charge in [0.15, 0.2) is 0 Å². The van der Waals surface area contributed by atoms with Crippen LogP contribution >= 0.6 is 23.1 Å². The van der Waals surface area contributed by atoms with Crippen molar-refractivity contribution >= 4 is 46.2 Å². The molecule has 0 saturated carbocycles. The normalized spacial score (nSPS) is 16.6. The van der Waals surface area contributed by atoms with Gasteiger partial charge in [0.05, 0.1) is 4.91 Å². The highest BCUT2D eigenvalue weighted by atomic mass is 32.2. The van der Waals surface area contributed by atoms with Crippen LogP contribution in [0.3, 0.4) is 0 Å². The number of thioether (sulfide) groups is 1. The number of rotatable bonds is 7. The number of hydrogen-bond acceptors (Lipinski definition) is 6. The minimum Gasteiger partial charge on any atom is -0.385 e. The van der Waals surface area contributed by atoms with Crippen LogP contribution in [0.25, 0.3) is 6.08 Å². The highest BCUT2D eigenvalue weighted by Gasteiger charge is 2.36. The van der Waals surface area contributed by atoms with Gasteiger partial charge in [-0.05, 0) is 35.7 Å². The van der Waals surface area contributed by atoms with E-state index >= 15 is 0 Å². The molecule has 1 N–H and O–H groups in total. The summed E-state index contributed by atoms with van der Waals surface area (Å²) in [6.07, 6.45) is 2.36. The van der Waals surface area contributed by atoms with Crippen LogP contribution in [0.5, 0.6) is 0 Å². The molecule has 118 valence electrons. The van der Waals surface area contributed by atoms with E-state index in [1.54, 1.807) is 13.2 Å². The maximum absolute atomic E-state index is 12.2. The monoisotopic (exact) mass is 340 g/mol. The summed E-state index contributed by atoms with van der Waals surface area (Å²) in [5.41, 5.74) is 0. The first kappa shape index (κ1) is 16.7. The predicted molar refractivity (Wildman–Crippen MR) is 86.5 cm³/mol. The van der Waals surface area contributed by atoms with Gasteiger partial charge in [0, 0.05) is 25.1 Å². The number of hydrogen-bond donors (Lipinski definition) is 1. The van der Waals surface area contributed by atoms with Crippen LogP contribution in [0, 0.1) is 0 Å². The summed E-state index contributed by atoms with van der Waals surface area (Å²) in [5.74, 6) is -0.772. The van der Waals surface area contributed by atoms with Gasteiger partial charge < -0.3 is 10.1 Å². The summed E-state index contributed by atoms with van der Waals surface area (Å²) in [6, 6.07) is 3.73. The molecule has 0 spiro atoms. The molecule has 0 bridgehead atoms. The average molecular weight is 340 g/mol. The van der Waals surface area contributed by atoms with Crippen molar-refractivity contribution in [2.24, 2.45) is 0 Å². The third kappa shape index (κ3) is 4.43. The second-order valence-corrected chi connectivity index (χ2v) is 6.45. The fourth-order valence-corrected chi connectivity index (χ4v) is 3.34. The van der Waals surface area contributed by atoms with Crippen LogP contribution in [0.4, 0.5) is 4.79 Å². The molecule has 8 heteroatoms. The summed E-state index contributed by atoms with van der Waals surface area (Å²) in [7, 11) is 1.59. The Morgan fingerprint density at radius 3 is 2.95 bits per heavy atom. The first-order valence-corrected chi connectivity index (χ1v) is 8.36. The summed E-state index contributed by atoms with van der Waals surface area (Å²) >= 11 is 2.34. The maximum Gasteiger partial charge on any atom is 0.294 e. The van der Waals surface area contributed by atoms with Gasteiger partial charge >= 0.3 is 0 Å². The minimum atomic E-state index is -0.421. The van der Waals surface area contributed by atoms with E-state index in [9.17, 15) is 14.4 Å². The fraction of sp³-hybridized carbons (Fsp3) is 0.357. The summed E-state index contributed by atoms with van der Waals surface area (Å²) in [4.78, 5) is 38.0. The fourth-order valence-electron chi connectivity index (χ4n) is 1.78. The Labute approximate surface area is 136 Å². The summed E-state index contributed by atoms with van der Waals surface area (Å²) in [5, 5.41) is 4.13. The van der Waals surface area contributed by atoms with Gasteiger partial charge in [-0.15, -0.1) is 11.3 Å². The lowest BCUT2D eigenvalue weighted by Crippen LogP contribution is -2.39. The van der Waals surface area contributed by atoms with Gasteiger partial charge in [-0.2, -0.15) is 0 Å². The molecular weight excluding hydrogens is 324 g/mol. The molecule has 0 atom stereocenters. The number of nitrogens with one attached hydrogen (secondary N) is 1. The van der Waals surface area contributed by atoms with E-state index in [1.807, 2.05) is 17.5 Å². The maximum atomic E-state index is 12.2. The zero-order valence-electron chi connectivity index (χ0n) is 12.0. The number of methoxy groups -OCH3 is 1. The lowest BCUT2D eigenvalue weighted by Gasteiger charge is -2.12. The van der Waals surface area contributed by atoms with Crippen molar-refractivity contribution in [1.82, 2.24) is 10.2 Å². The number of ether oxygens (including phenoxy) is 1. The van der Waals surface area contributed by atoms with Crippen molar-refractivity contribution in [3.8, 4) is 0 Å². The number of nitrogens with zero attached hydrogens (tertiary/aromatic N) is 1. The van der Waals surface area contributed by atoms with Crippen molar-refractivity contribution < 1.29 is 19.1 Å². The molecule has 0 radical (unpaired) electrons. The SMILES string of the molecule is COCCCNC(=O)CN1C(=O)S/C(=C\c2cccs2)C1=O. The second-order valence-electron chi connectivity index (χ2n) is 4.48. The van der Waals surface area contributed by atoms with Crippen molar-refractivity contribution in [3.05, 3.63) is 27.3 Å². The standard InChI is InChI=1S/C14H16N2O4S2/c1-20-6-3-5-15-12(17)9-16-13(18)11(22-14(16)19)8-10-4-2-7-21-10/h2,4,7-8H,3,5-6,9H2,1H3,(H,15,17)/b11-8-. The Balaban J connectivity index is 1.90. The molecule has 3 amide bonds. The van der Waals surface area contributed by atoms with Gasteiger partial charge in [-0.25, -0.2) is 0 Å². The highest BCUT2D eigenvalue weighted by molar-refractivity contribution is 8.18. The van der Waals surface area contributed by atoms with E-state index in [0.717, 1.165) is 21.5 Å². The highest BCUT2D eigenvalue weighted by Crippen LogP contribution is 2.32. The lowest BCUT2D eigenvalue weighted by atomic mass is 10.3. The van der Waals surface area contributed by atoms with Crippen LogP contribution in [-0.4, -0.2) is 48.8 Å². The number of carbonyl (C=O) groups is 3. The molecule has 1 aromatic rings. The number of carbonyl (C=O) groups excluding carboxylic acids is 3. The quantitative estimate of drug-likeness (QED) is 0.606. The Kier molecular flexibility index (Phi) is 6.17. The summed E-state index contributed by atoms with van der Waals surface area (Å²) < 4.78 is 4.88. The van der Waals surface area contributed by atoms with Crippen molar-refractivity contribution in [2.45, 2.75) is 6.42 Å². The van der Waals surface area contributed by atoms with E-state index in [4.69, 9.17) is 4.74 Å². The van der Waals surface area contributed by atoms with Gasteiger partial charge in [-0.3, -0.25) is 19.3 Å². The zero-order valence-corrected chi connectivity index (χ0v) is 13.7. The molecule has 1 fully saturated rings. The molecule has 0 aliphatic carbocycles. The summed E-state index contributed by atoms with van der Waals surface area (Å²) in [6.45, 7) is 0.749. The van der Waals surface area contributed by atoms with Gasteiger partial charge in [-0.1, -0.05) is 6.07 Å². The van der Waals surface area contributed by atoms with E-state index in [-0.39, 0.29) is 12.5 Å². The van der Waals surface area contributed by atoms with Crippen molar-refractivity contribution in [1.29, 1.82) is 0 Å². The molecule has 6 nitrogen and oxygen atoms in total. The van der Waals surface area contributed by atoms with Crippen LogP contribution < -0.4 is 5.32 Å². The molecule has 1 saturated heterocycles. The largest absolute Gasteiger partial charge is 0.385 e. The number of amides is 3. The Morgan fingerprint density at radius 1 is 1.45 bits per heavy atom. The topological polar surface area (TPSA) is 75.7 Å². The molecule has 1 aromatic heterocycles. The third-order valence-electron chi connectivity index (χ3n) is 2.84. The van der Waals surface area contributed by atoms with E-state index in [2.05, 4.69) is 5.32 Å². The first-order valence-electron chi connectivity index (χ1n) is 6.66. The van der Waals surface area contributed by atoms with E-state index < -0.39 is 11.1 Å². The second kappa shape index (κ2) is 8.11. The minimum absolute atomic E-state index is 0.251. The van der Waals surface area contributed by atoms with E-state index in [0.29, 0.717) is 24.5 Å². The molecular formula is C14H16N2O4S2. The van der Waals surface area contributed by atoms with Crippen molar-refractivity contribution in [2.75, 3.05) is 26.8 Å². The van der Waals surface area contributed by atoms with Crippen LogP contribution in [0.1, 0.15) is 11.3 Å². The van der Waals surface area contributed by atoms with E-state index in [1.165, 1.54) is 11.3 Å². The molecule has 1 aliphatic rings. The molecule has 1 aliphatic heterocycles. The van der Waals surface area contributed by atoms with Gasteiger partial charge in [0.25, 0.3) is 11.1 Å². The molecule has 2 rings (SSSR count). The zero-order chi connectivity index (χ0) is 15.9. The number of thiophene rings is 1. The molecule has 2 heterocycles. The number of imide groups is 1. The average Bonchev–Trinajstić information content (AvgIpc) is 3.08. The smallest absolute Gasteiger partial charge is 0.294 e. The van der Waals surface area contributed by atoms with Crippen LogP contribution in [0.2, 0.25) is 0 Å². The lowest BCUT2D eigenvalue weighted by molar-refractivity contribution is -0.129. The Bertz CT molecular complexity index is 584. The predicted octanol–water partition coefficient (Wildman–Crippen LogP) is 1.94. The van der Waals surface area contributed by atoms with Crippen molar-refractivity contribution in [3.63, 3.8) is 0 Å². The van der Waals surface area contributed by atoms with Gasteiger partial charge in [0.1, 0.15) is 6.54 Å². The third-order valence-corrected chi connectivity index (χ3v) is 4.57. The molecule has 0 unspecified atom stereocenters. The first-order chi connectivity index (χ1) is 10.6. The molecule has 22 heavy (non-hydrogen) atoms. The van der Waals surface area contributed by atoms with Crippen LogP contribution in [-0.2, 0) is 14.3 Å².